The first-order chi connectivity index (χ1) is 8.17. The van der Waals surface area contributed by atoms with E-state index in [-0.39, 0.29) is 0 Å². The van der Waals surface area contributed by atoms with Crippen LogP contribution < -0.4 is 0 Å². The predicted molar refractivity (Wildman–Crippen MR) is 78.7 cm³/mol. The predicted octanol–water partition coefficient (Wildman–Crippen LogP) is 4.91. The van der Waals surface area contributed by atoms with Crippen molar-refractivity contribution in [3.05, 3.63) is 29.6 Å². The third-order valence-electron chi connectivity index (χ3n) is 3.21. The molecule has 0 N–H and O–H groups in total. The maximum absolute atomic E-state index is 4.49. The van der Waals surface area contributed by atoms with Crippen LogP contribution in [0, 0.1) is 12.8 Å². The molecule has 0 aromatic carbocycles. The fraction of sp³-hybridized carbons (Fsp3) is 0.667. The highest BCUT2D eigenvalue weighted by Crippen LogP contribution is 2.26. The first kappa shape index (κ1) is 14.7. The van der Waals surface area contributed by atoms with Crippen LogP contribution in [-0.2, 0) is 6.42 Å². The molecule has 2 heteroatoms. The molecule has 1 heterocycles. The van der Waals surface area contributed by atoms with Crippen molar-refractivity contribution >= 4 is 15.9 Å². The molecule has 0 spiro atoms. The first-order valence-electron chi connectivity index (χ1n) is 6.73. The summed E-state index contributed by atoms with van der Waals surface area (Å²) in [6.45, 7) is 6.62. The van der Waals surface area contributed by atoms with Gasteiger partial charge in [-0.15, -0.1) is 0 Å². The molecular formula is C15H24BrN. The zero-order valence-corrected chi connectivity index (χ0v) is 12.8. The van der Waals surface area contributed by atoms with E-state index >= 15 is 0 Å². The number of halogens is 1. The summed E-state index contributed by atoms with van der Waals surface area (Å²) in [5, 5.41) is 0. The third-order valence-corrected chi connectivity index (χ3v) is 4.28. The minimum atomic E-state index is 0.567. The van der Waals surface area contributed by atoms with Crippen molar-refractivity contribution in [3.63, 3.8) is 0 Å². The van der Waals surface area contributed by atoms with Crippen LogP contribution in [-0.4, -0.2) is 9.81 Å². The van der Waals surface area contributed by atoms with Crippen molar-refractivity contribution in [2.45, 2.75) is 57.7 Å². The molecule has 1 aromatic rings. The van der Waals surface area contributed by atoms with Gasteiger partial charge in [0.15, 0.2) is 0 Å². The van der Waals surface area contributed by atoms with Crippen molar-refractivity contribution in [3.8, 4) is 0 Å². The van der Waals surface area contributed by atoms with E-state index in [1.165, 1.54) is 36.9 Å². The Balaban J connectivity index is 2.55. The molecule has 0 aliphatic heterocycles. The summed E-state index contributed by atoms with van der Waals surface area (Å²) in [6, 6.07) is 4.30. The van der Waals surface area contributed by atoms with Gasteiger partial charge in [0, 0.05) is 23.1 Å². The second-order valence-corrected chi connectivity index (χ2v) is 6.06. The van der Waals surface area contributed by atoms with Crippen LogP contribution in [0.25, 0.3) is 0 Å². The molecule has 0 saturated heterocycles. The van der Waals surface area contributed by atoms with Crippen molar-refractivity contribution in [2.24, 2.45) is 5.92 Å². The Morgan fingerprint density at radius 3 is 2.29 bits per heavy atom. The lowest BCUT2D eigenvalue weighted by Crippen LogP contribution is -2.17. The Kier molecular flexibility index (Phi) is 6.79. The van der Waals surface area contributed by atoms with Gasteiger partial charge in [0.25, 0.3) is 0 Å². The molecule has 0 aliphatic rings. The van der Waals surface area contributed by atoms with Gasteiger partial charge in [0.05, 0.1) is 0 Å². The van der Waals surface area contributed by atoms with Crippen LogP contribution in [0.4, 0.5) is 0 Å². The van der Waals surface area contributed by atoms with Crippen molar-refractivity contribution in [1.29, 1.82) is 0 Å². The summed E-state index contributed by atoms with van der Waals surface area (Å²) in [6.07, 6.45) is 8.18. The van der Waals surface area contributed by atoms with Crippen LogP contribution in [0.1, 0.15) is 50.8 Å². The number of nitrogens with zero attached hydrogens (tertiary/aromatic N) is 1. The molecule has 0 fully saturated rings. The zero-order chi connectivity index (χ0) is 12.7. The molecule has 17 heavy (non-hydrogen) atoms. The summed E-state index contributed by atoms with van der Waals surface area (Å²) in [5.41, 5.74) is 2.44. The van der Waals surface area contributed by atoms with Crippen LogP contribution in [0.3, 0.4) is 0 Å². The van der Waals surface area contributed by atoms with E-state index < -0.39 is 0 Å². The van der Waals surface area contributed by atoms with E-state index in [1.54, 1.807) is 0 Å². The van der Waals surface area contributed by atoms with Gasteiger partial charge in [-0.3, -0.25) is 4.98 Å². The Morgan fingerprint density at radius 2 is 1.82 bits per heavy atom. The quantitative estimate of drug-likeness (QED) is 0.652. The van der Waals surface area contributed by atoms with Crippen LogP contribution in [0.15, 0.2) is 18.3 Å². The Bertz CT molecular complexity index is 301. The monoisotopic (exact) mass is 297 g/mol. The van der Waals surface area contributed by atoms with Crippen LogP contribution >= 0.6 is 15.9 Å². The van der Waals surface area contributed by atoms with Crippen molar-refractivity contribution in [2.75, 3.05) is 0 Å². The minimum Gasteiger partial charge on any atom is -0.261 e. The largest absolute Gasteiger partial charge is 0.261 e. The average Bonchev–Trinajstić information content (AvgIpc) is 2.32. The van der Waals surface area contributed by atoms with Crippen LogP contribution in [0.2, 0.25) is 0 Å². The molecule has 0 bridgehead atoms. The number of alkyl halides is 1. The highest BCUT2D eigenvalue weighted by Gasteiger charge is 2.18. The standard InChI is InChI=1S/C15H24BrN/c1-4-6-13(7-5-2)15(16)10-14-9-8-12(3)11-17-14/h8-9,11,13,15H,4-7,10H2,1-3H3. The van der Waals surface area contributed by atoms with Crippen molar-refractivity contribution < 1.29 is 0 Å². The molecule has 1 rings (SSSR count). The van der Waals surface area contributed by atoms with E-state index in [9.17, 15) is 0 Å². The topological polar surface area (TPSA) is 12.9 Å². The second kappa shape index (κ2) is 7.86. The van der Waals surface area contributed by atoms with E-state index in [2.05, 4.69) is 53.8 Å². The highest BCUT2D eigenvalue weighted by atomic mass is 79.9. The summed E-state index contributed by atoms with van der Waals surface area (Å²) >= 11 is 3.86. The number of aromatic nitrogens is 1. The number of hydrogen-bond donors (Lipinski definition) is 0. The van der Waals surface area contributed by atoms with Gasteiger partial charge in [-0.05, 0) is 37.3 Å². The maximum atomic E-state index is 4.49. The maximum Gasteiger partial charge on any atom is 0.0415 e. The van der Waals surface area contributed by atoms with Gasteiger partial charge >= 0.3 is 0 Å². The molecule has 1 atom stereocenters. The average molecular weight is 298 g/mol. The third kappa shape index (κ3) is 5.20. The summed E-state index contributed by atoms with van der Waals surface area (Å²) in [4.78, 5) is 5.06. The number of rotatable bonds is 7. The minimum absolute atomic E-state index is 0.567. The molecule has 0 aliphatic carbocycles. The lowest BCUT2D eigenvalue weighted by atomic mass is 9.92. The van der Waals surface area contributed by atoms with E-state index in [0.717, 1.165) is 12.3 Å². The van der Waals surface area contributed by atoms with Gasteiger partial charge in [-0.2, -0.15) is 0 Å². The lowest BCUT2D eigenvalue weighted by molar-refractivity contribution is 0.425. The number of aryl methyl sites for hydroxylation is 1. The number of hydrogen-bond acceptors (Lipinski definition) is 1. The van der Waals surface area contributed by atoms with Gasteiger partial charge in [0.2, 0.25) is 0 Å². The van der Waals surface area contributed by atoms with E-state index in [1.807, 2.05) is 6.20 Å². The summed E-state index contributed by atoms with van der Waals surface area (Å²) in [5.74, 6) is 0.785. The molecule has 1 unspecified atom stereocenters. The molecular weight excluding hydrogens is 274 g/mol. The molecule has 1 nitrogen and oxygen atoms in total. The van der Waals surface area contributed by atoms with Gasteiger partial charge < -0.3 is 0 Å². The molecule has 0 saturated carbocycles. The molecule has 0 radical (unpaired) electrons. The SMILES string of the molecule is CCCC(CCC)C(Br)Cc1ccc(C)cn1. The smallest absolute Gasteiger partial charge is 0.0415 e. The first-order valence-corrected chi connectivity index (χ1v) is 7.64. The van der Waals surface area contributed by atoms with Gasteiger partial charge in [-0.1, -0.05) is 48.7 Å². The zero-order valence-electron chi connectivity index (χ0n) is 11.2. The lowest BCUT2D eigenvalue weighted by Gasteiger charge is -2.21. The molecule has 0 amide bonds. The Labute approximate surface area is 114 Å². The highest BCUT2D eigenvalue weighted by molar-refractivity contribution is 9.09. The normalized spacial score (nSPS) is 13.0. The number of pyridine rings is 1. The van der Waals surface area contributed by atoms with Gasteiger partial charge in [-0.25, -0.2) is 0 Å². The Morgan fingerprint density at radius 1 is 1.18 bits per heavy atom. The van der Waals surface area contributed by atoms with Crippen LogP contribution in [0.5, 0.6) is 0 Å². The Hall–Kier alpha value is -0.370. The van der Waals surface area contributed by atoms with Crippen molar-refractivity contribution in [1.82, 2.24) is 4.98 Å². The molecule has 96 valence electrons. The van der Waals surface area contributed by atoms with E-state index in [0.29, 0.717) is 4.83 Å². The van der Waals surface area contributed by atoms with Gasteiger partial charge in [0.1, 0.15) is 0 Å². The summed E-state index contributed by atoms with van der Waals surface area (Å²) in [7, 11) is 0. The fourth-order valence-corrected chi connectivity index (χ4v) is 3.09. The second-order valence-electron chi connectivity index (χ2n) is 4.88. The summed E-state index contributed by atoms with van der Waals surface area (Å²) < 4.78 is 0. The molecule has 1 aromatic heterocycles. The van der Waals surface area contributed by atoms with E-state index in [4.69, 9.17) is 0 Å². The fourth-order valence-electron chi connectivity index (χ4n) is 2.23.